The van der Waals surface area contributed by atoms with Crippen LogP contribution >= 0.6 is 0 Å². The van der Waals surface area contributed by atoms with Crippen molar-refractivity contribution in [1.82, 2.24) is 15.2 Å². The molecular formula is C14H18N6O. The number of aryl methyl sites for hydroxylation is 1. The Morgan fingerprint density at radius 2 is 2.14 bits per heavy atom. The van der Waals surface area contributed by atoms with E-state index in [2.05, 4.69) is 30.7 Å². The molecule has 21 heavy (non-hydrogen) atoms. The second-order valence-corrected chi connectivity index (χ2v) is 5.08. The summed E-state index contributed by atoms with van der Waals surface area (Å²) in [6.45, 7) is 3.83. The molecule has 0 atom stereocenters. The Bertz CT molecular complexity index is 632. The fourth-order valence-electron chi connectivity index (χ4n) is 2.42. The first-order valence-electron chi connectivity index (χ1n) is 7.02. The normalized spacial score (nSPS) is 14.2. The number of hydrogen-bond donors (Lipinski definition) is 3. The van der Waals surface area contributed by atoms with Gasteiger partial charge in [0.25, 0.3) is 0 Å². The fourth-order valence-corrected chi connectivity index (χ4v) is 2.42. The quantitative estimate of drug-likeness (QED) is 0.808. The lowest BCUT2D eigenvalue weighted by atomic mass is 10.3. The van der Waals surface area contributed by atoms with E-state index in [1.165, 1.54) is 0 Å². The van der Waals surface area contributed by atoms with Crippen LogP contribution in [0, 0.1) is 6.92 Å². The molecule has 3 N–H and O–H groups in total. The number of anilines is 3. The highest BCUT2D eigenvalue weighted by molar-refractivity contribution is 6.01. The largest absolute Gasteiger partial charge is 0.355 e. The van der Waals surface area contributed by atoms with Gasteiger partial charge in [-0.2, -0.15) is 5.10 Å². The number of aromatic nitrogens is 3. The van der Waals surface area contributed by atoms with Crippen LogP contribution in [0.4, 0.5) is 22.1 Å². The molecule has 3 rings (SSSR count). The zero-order valence-corrected chi connectivity index (χ0v) is 11.9. The van der Waals surface area contributed by atoms with Crippen LogP contribution < -0.4 is 15.5 Å². The van der Waals surface area contributed by atoms with Gasteiger partial charge in [-0.15, -0.1) is 0 Å². The molecule has 3 heterocycles. The van der Waals surface area contributed by atoms with Crippen molar-refractivity contribution in [2.24, 2.45) is 0 Å². The van der Waals surface area contributed by atoms with E-state index in [0.29, 0.717) is 11.5 Å². The minimum absolute atomic E-state index is 0.309. The molecule has 1 saturated heterocycles. The van der Waals surface area contributed by atoms with Gasteiger partial charge in [0, 0.05) is 24.8 Å². The topological polar surface area (TPSA) is 85.9 Å². The minimum atomic E-state index is -0.309. The summed E-state index contributed by atoms with van der Waals surface area (Å²) in [6, 6.07) is 3.37. The van der Waals surface area contributed by atoms with E-state index >= 15 is 0 Å². The number of H-pyrrole nitrogens is 1. The molecule has 0 radical (unpaired) electrons. The first-order valence-corrected chi connectivity index (χ1v) is 7.02. The molecule has 1 aliphatic heterocycles. The van der Waals surface area contributed by atoms with Crippen molar-refractivity contribution in [3.63, 3.8) is 0 Å². The summed E-state index contributed by atoms with van der Waals surface area (Å²) in [7, 11) is 0. The maximum Gasteiger partial charge on any atom is 0.324 e. The first kappa shape index (κ1) is 13.4. The highest BCUT2D eigenvalue weighted by atomic mass is 16.2. The maximum absolute atomic E-state index is 12.1. The van der Waals surface area contributed by atoms with Crippen LogP contribution in [0.2, 0.25) is 0 Å². The molecule has 2 amide bonds. The van der Waals surface area contributed by atoms with Crippen molar-refractivity contribution in [3.8, 4) is 0 Å². The third-order valence-corrected chi connectivity index (χ3v) is 3.51. The predicted octanol–water partition coefficient (Wildman–Crippen LogP) is 2.36. The second kappa shape index (κ2) is 5.82. The van der Waals surface area contributed by atoms with Gasteiger partial charge in [0.2, 0.25) is 0 Å². The van der Waals surface area contributed by atoms with Gasteiger partial charge < -0.3 is 10.2 Å². The number of carbonyl (C=O) groups excluding carboxylic acids is 1. The number of nitrogens with zero attached hydrogens (tertiary/aromatic N) is 3. The van der Waals surface area contributed by atoms with Crippen molar-refractivity contribution in [3.05, 3.63) is 30.1 Å². The van der Waals surface area contributed by atoms with Crippen molar-refractivity contribution < 1.29 is 4.79 Å². The molecule has 1 fully saturated rings. The third kappa shape index (κ3) is 2.96. The van der Waals surface area contributed by atoms with Crippen molar-refractivity contribution >= 4 is 23.4 Å². The summed E-state index contributed by atoms with van der Waals surface area (Å²) in [4.78, 5) is 18.7. The van der Waals surface area contributed by atoms with E-state index in [1.54, 1.807) is 12.4 Å². The number of carbonyl (C=O) groups is 1. The van der Waals surface area contributed by atoms with Crippen LogP contribution in [-0.2, 0) is 0 Å². The molecule has 110 valence electrons. The van der Waals surface area contributed by atoms with Crippen molar-refractivity contribution in [1.29, 1.82) is 0 Å². The fraction of sp³-hybridized carbons (Fsp3) is 0.357. The van der Waals surface area contributed by atoms with E-state index in [0.717, 1.165) is 37.3 Å². The highest BCUT2D eigenvalue weighted by Crippen LogP contribution is 2.26. The molecule has 0 saturated carbocycles. The number of pyridine rings is 1. The number of amides is 2. The number of urea groups is 1. The molecule has 7 heteroatoms. The van der Waals surface area contributed by atoms with Gasteiger partial charge in [-0.25, -0.2) is 9.78 Å². The Kier molecular flexibility index (Phi) is 3.72. The molecule has 0 aromatic carbocycles. The smallest absolute Gasteiger partial charge is 0.324 e. The van der Waals surface area contributed by atoms with Gasteiger partial charge in [-0.3, -0.25) is 10.4 Å². The SMILES string of the molecule is Cc1cn[nH]c1NC(=O)Nc1cccnc1N1CCCC1. The molecule has 0 unspecified atom stereocenters. The Morgan fingerprint density at radius 1 is 1.33 bits per heavy atom. The summed E-state index contributed by atoms with van der Waals surface area (Å²) < 4.78 is 0. The minimum Gasteiger partial charge on any atom is -0.355 e. The van der Waals surface area contributed by atoms with Crippen LogP contribution in [0.5, 0.6) is 0 Å². The van der Waals surface area contributed by atoms with E-state index in [-0.39, 0.29) is 6.03 Å². The van der Waals surface area contributed by atoms with Crippen molar-refractivity contribution in [2.75, 3.05) is 28.6 Å². The van der Waals surface area contributed by atoms with E-state index in [9.17, 15) is 4.79 Å². The van der Waals surface area contributed by atoms with E-state index in [4.69, 9.17) is 0 Å². The molecule has 0 spiro atoms. The highest BCUT2D eigenvalue weighted by Gasteiger charge is 2.18. The third-order valence-electron chi connectivity index (χ3n) is 3.51. The standard InChI is InChI=1S/C14H18N6O/c1-10-9-16-19-12(10)18-14(21)17-11-5-4-6-15-13(11)20-7-2-3-8-20/h4-6,9H,2-3,7-8H2,1H3,(H3,16,17,18,19,21). The monoisotopic (exact) mass is 286 g/mol. The molecule has 0 aliphatic carbocycles. The van der Waals surface area contributed by atoms with Gasteiger partial charge >= 0.3 is 6.03 Å². The molecular weight excluding hydrogens is 268 g/mol. The van der Waals surface area contributed by atoms with Crippen LogP contribution in [0.25, 0.3) is 0 Å². The first-order chi connectivity index (χ1) is 10.2. The van der Waals surface area contributed by atoms with E-state index in [1.807, 2.05) is 19.1 Å². The molecule has 2 aromatic rings. The van der Waals surface area contributed by atoms with Gasteiger partial charge in [0.1, 0.15) is 5.82 Å². The predicted molar refractivity (Wildman–Crippen MR) is 81.7 cm³/mol. The molecule has 7 nitrogen and oxygen atoms in total. The van der Waals surface area contributed by atoms with Crippen LogP contribution in [-0.4, -0.2) is 34.3 Å². The summed E-state index contributed by atoms with van der Waals surface area (Å²) in [6.07, 6.45) is 5.73. The zero-order chi connectivity index (χ0) is 14.7. The average Bonchev–Trinajstić information content (AvgIpc) is 3.12. The number of hydrogen-bond acceptors (Lipinski definition) is 4. The van der Waals surface area contributed by atoms with Gasteiger partial charge in [0.05, 0.1) is 11.9 Å². The summed E-state index contributed by atoms with van der Waals surface area (Å²) in [5.74, 6) is 1.42. The number of nitrogens with one attached hydrogen (secondary N) is 3. The Morgan fingerprint density at radius 3 is 2.86 bits per heavy atom. The number of aromatic amines is 1. The Labute approximate surface area is 122 Å². The lowest BCUT2D eigenvalue weighted by molar-refractivity contribution is 0.262. The zero-order valence-electron chi connectivity index (χ0n) is 11.9. The molecule has 1 aliphatic rings. The van der Waals surface area contributed by atoms with Crippen LogP contribution in [0.3, 0.4) is 0 Å². The maximum atomic E-state index is 12.1. The molecule has 0 bridgehead atoms. The summed E-state index contributed by atoms with van der Waals surface area (Å²) >= 11 is 0. The summed E-state index contributed by atoms with van der Waals surface area (Å²) in [5.41, 5.74) is 1.60. The van der Waals surface area contributed by atoms with Gasteiger partial charge in [-0.1, -0.05) is 0 Å². The lowest BCUT2D eigenvalue weighted by Crippen LogP contribution is -2.24. The van der Waals surface area contributed by atoms with Crippen LogP contribution in [0.1, 0.15) is 18.4 Å². The average molecular weight is 286 g/mol. The molecule has 2 aromatic heterocycles. The number of rotatable bonds is 3. The second-order valence-electron chi connectivity index (χ2n) is 5.08. The lowest BCUT2D eigenvalue weighted by Gasteiger charge is -2.20. The van der Waals surface area contributed by atoms with Crippen molar-refractivity contribution in [2.45, 2.75) is 19.8 Å². The van der Waals surface area contributed by atoms with Gasteiger partial charge in [0.15, 0.2) is 5.82 Å². The Hall–Kier alpha value is -2.57. The van der Waals surface area contributed by atoms with Gasteiger partial charge in [-0.05, 0) is 31.9 Å². The van der Waals surface area contributed by atoms with E-state index < -0.39 is 0 Å². The Balaban J connectivity index is 1.72. The summed E-state index contributed by atoms with van der Waals surface area (Å²) in [5, 5.41) is 12.2. The van der Waals surface area contributed by atoms with Crippen LogP contribution in [0.15, 0.2) is 24.5 Å².